The second-order valence-corrected chi connectivity index (χ2v) is 6.95. The Morgan fingerprint density at radius 2 is 1.81 bits per heavy atom. The summed E-state index contributed by atoms with van der Waals surface area (Å²) in [6.07, 6.45) is 1.82. The standard InChI is InChI=1S/C22H24N2O3/c1-13(2)18-12-19(14(3)10-21(18)25)24-15(4)23-22(26)20(24)11-16-6-8-17(27-5)9-7-16/h6-13,25H,1-5H3/b20-11-. The minimum Gasteiger partial charge on any atom is -0.508 e. The third-order valence-corrected chi connectivity index (χ3v) is 4.67. The van der Waals surface area contributed by atoms with Crippen molar-refractivity contribution in [3.63, 3.8) is 0 Å². The van der Waals surface area contributed by atoms with E-state index in [4.69, 9.17) is 4.74 Å². The summed E-state index contributed by atoms with van der Waals surface area (Å²) in [4.78, 5) is 18.5. The molecular formula is C22H24N2O3. The number of phenolic OH excluding ortho intramolecular Hbond substituents is 1. The van der Waals surface area contributed by atoms with E-state index >= 15 is 0 Å². The van der Waals surface area contributed by atoms with Gasteiger partial charge in [-0.15, -0.1) is 0 Å². The maximum absolute atomic E-state index is 12.5. The zero-order chi connectivity index (χ0) is 19.7. The maximum Gasteiger partial charge on any atom is 0.295 e. The van der Waals surface area contributed by atoms with Crippen molar-refractivity contribution in [2.45, 2.75) is 33.6 Å². The van der Waals surface area contributed by atoms with E-state index in [2.05, 4.69) is 4.99 Å². The van der Waals surface area contributed by atoms with Crippen molar-refractivity contribution in [1.82, 2.24) is 0 Å². The zero-order valence-electron chi connectivity index (χ0n) is 16.3. The van der Waals surface area contributed by atoms with Gasteiger partial charge in [0.1, 0.15) is 23.0 Å². The Hall–Kier alpha value is -3.08. The largest absolute Gasteiger partial charge is 0.508 e. The monoisotopic (exact) mass is 364 g/mol. The number of aryl methyl sites for hydroxylation is 1. The number of hydrogen-bond donors (Lipinski definition) is 1. The van der Waals surface area contributed by atoms with Crippen molar-refractivity contribution in [2.24, 2.45) is 4.99 Å². The fourth-order valence-corrected chi connectivity index (χ4v) is 3.21. The molecule has 0 spiro atoms. The van der Waals surface area contributed by atoms with Crippen LogP contribution in [0.4, 0.5) is 5.69 Å². The lowest BCUT2D eigenvalue weighted by atomic mass is 9.98. The van der Waals surface area contributed by atoms with Crippen LogP contribution in [-0.2, 0) is 4.79 Å². The molecular weight excluding hydrogens is 340 g/mol. The molecule has 1 amide bonds. The van der Waals surface area contributed by atoms with Crippen LogP contribution in [-0.4, -0.2) is 24.0 Å². The predicted molar refractivity (Wildman–Crippen MR) is 108 cm³/mol. The Morgan fingerprint density at radius 1 is 1.15 bits per heavy atom. The minimum atomic E-state index is -0.276. The Balaban J connectivity index is 2.09. The number of amidine groups is 1. The van der Waals surface area contributed by atoms with E-state index in [0.717, 1.165) is 28.1 Å². The number of methoxy groups -OCH3 is 1. The molecule has 0 aliphatic carbocycles. The van der Waals surface area contributed by atoms with Crippen LogP contribution in [0.1, 0.15) is 43.4 Å². The molecule has 2 aromatic rings. The lowest BCUT2D eigenvalue weighted by Crippen LogP contribution is -2.25. The number of anilines is 1. The second-order valence-electron chi connectivity index (χ2n) is 6.95. The first-order valence-electron chi connectivity index (χ1n) is 8.90. The highest BCUT2D eigenvalue weighted by molar-refractivity contribution is 6.22. The number of carbonyl (C=O) groups excluding carboxylic acids is 1. The Bertz CT molecular complexity index is 941. The number of hydrogen-bond acceptors (Lipinski definition) is 4. The molecule has 3 rings (SSSR count). The number of amides is 1. The Labute approximate surface area is 159 Å². The lowest BCUT2D eigenvalue weighted by molar-refractivity contribution is -0.113. The van der Waals surface area contributed by atoms with Crippen molar-refractivity contribution in [2.75, 3.05) is 12.0 Å². The van der Waals surface area contributed by atoms with Gasteiger partial charge in [-0.1, -0.05) is 26.0 Å². The highest BCUT2D eigenvalue weighted by Gasteiger charge is 2.30. The molecule has 0 unspecified atom stereocenters. The highest BCUT2D eigenvalue weighted by atomic mass is 16.5. The number of benzene rings is 2. The molecule has 140 valence electrons. The van der Waals surface area contributed by atoms with Gasteiger partial charge in [0, 0.05) is 0 Å². The fraction of sp³-hybridized carbons (Fsp3) is 0.273. The van der Waals surface area contributed by atoms with Gasteiger partial charge in [0.15, 0.2) is 0 Å². The van der Waals surface area contributed by atoms with E-state index in [-0.39, 0.29) is 17.6 Å². The molecule has 1 aliphatic rings. The van der Waals surface area contributed by atoms with Crippen LogP contribution >= 0.6 is 0 Å². The first-order valence-corrected chi connectivity index (χ1v) is 8.90. The molecule has 0 atom stereocenters. The van der Waals surface area contributed by atoms with Gasteiger partial charge >= 0.3 is 0 Å². The summed E-state index contributed by atoms with van der Waals surface area (Å²) < 4.78 is 5.19. The van der Waals surface area contributed by atoms with Gasteiger partial charge in [0.25, 0.3) is 5.91 Å². The minimum absolute atomic E-state index is 0.161. The van der Waals surface area contributed by atoms with Gasteiger partial charge in [0.05, 0.1) is 12.8 Å². The van der Waals surface area contributed by atoms with Crippen molar-refractivity contribution < 1.29 is 14.6 Å². The molecule has 0 bridgehead atoms. The number of aromatic hydroxyl groups is 1. The predicted octanol–water partition coefficient (Wildman–Crippen LogP) is 4.64. The van der Waals surface area contributed by atoms with Crippen molar-refractivity contribution in [3.8, 4) is 11.5 Å². The number of ether oxygens (including phenoxy) is 1. The number of carbonyl (C=O) groups is 1. The third-order valence-electron chi connectivity index (χ3n) is 4.67. The van der Waals surface area contributed by atoms with Crippen LogP contribution in [0.2, 0.25) is 0 Å². The number of aliphatic imine (C=N–C) groups is 1. The van der Waals surface area contributed by atoms with Gasteiger partial charge < -0.3 is 9.84 Å². The fourth-order valence-electron chi connectivity index (χ4n) is 3.21. The Morgan fingerprint density at radius 3 is 2.41 bits per heavy atom. The van der Waals surface area contributed by atoms with Gasteiger partial charge in [0.2, 0.25) is 0 Å². The molecule has 1 aliphatic heterocycles. The topological polar surface area (TPSA) is 62.1 Å². The van der Waals surface area contributed by atoms with Gasteiger partial charge in [-0.25, -0.2) is 0 Å². The van der Waals surface area contributed by atoms with E-state index in [1.165, 1.54) is 0 Å². The van der Waals surface area contributed by atoms with E-state index < -0.39 is 0 Å². The molecule has 1 heterocycles. The normalized spacial score (nSPS) is 15.6. The SMILES string of the molecule is COc1ccc(/C=C2/C(=O)N=C(C)N2c2cc(C(C)C)c(O)cc2C)cc1. The first kappa shape index (κ1) is 18.7. The highest BCUT2D eigenvalue weighted by Crippen LogP contribution is 2.36. The molecule has 5 heteroatoms. The third kappa shape index (κ3) is 3.58. The average Bonchev–Trinajstić information content (AvgIpc) is 2.89. The van der Waals surface area contributed by atoms with Crippen molar-refractivity contribution in [1.29, 1.82) is 0 Å². The maximum atomic E-state index is 12.5. The quantitative estimate of drug-likeness (QED) is 0.803. The van der Waals surface area contributed by atoms with E-state index in [1.54, 1.807) is 13.2 Å². The summed E-state index contributed by atoms with van der Waals surface area (Å²) in [6, 6.07) is 11.2. The van der Waals surface area contributed by atoms with Gasteiger partial charge in [-0.2, -0.15) is 4.99 Å². The average molecular weight is 364 g/mol. The summed E-state index contributed by atoms with van der Waals surface area (Å²) in [6.45, 7) is 7.78. The van der Waals surface area contributed by atoms with E-state index in [0.29, 0.717) is 11.5 Å². The van der Waals surface area contributed by atoms with Crippen molar-refractivity contribution in [3.05, 3.63) is 58.8 Å². The molecule has 0 saturated heterocycles. The molecule has 0 radical (unpaired) electrons. The van der Waals surface area contributed by atoms with Crippen LogP contribution in [0.25, 0.3) is 6.08 Å². The first-order chi connectivity index (χ1) is 12.8. The van der Waals surface area contributed by atoms with Crippen LogP contribution in [0.3, 0.4) is 0 Å². The Kier molecular flexibility index (Phi) is 5.04. The summed E-state index contributed by atoms with van der Waals surface area (Å²) in [7, 11) is 1.62. The van der Waals surface area contributed by atoms with Gasteiger partial charge in [-0.05, 0) is 66.8 Å². The second kappa shape index (κ2) is 7.27. The number of phenols is 1. The van der Waals surface area contributed by atoms with Crippen LogP contribution < -0.4 is 9.64 Å². The summed E-state index contributed by atoms with van der Waals surface area (Å²) in [5, 5.41) is 10.3. The van der Waals surface area contributed by atoms with Crippen LogP contribution in [0, 0.1) is 6.92 Å². The van der Waals surface area contributed by atoms with Crippen molar-refractivity contribution >= 4 is 23.5 Å². The summed E-state index contributed by atoms with van der Waals surface area (Å²) in [5.74, 6) is 1.53. The van der Waals surface area contributed by atoms with E-state index in [1.807, 2.05) is 69.0 Å². The lowest BCUT2D eigenvalue weighted by Gasteiger charge is -2.24. The summed E-state index contributed by atoms with van der Waals surface area (Å²) >= 11 is 0. The molecule has 0 saturated carbocycles. The molecule has 5 nitrogen and oxygen atoms in total. The molecule has 2 aromatic carbocycles. The molecule has 0 fully saturated rings. The molecule has 1 N–H and O–H groups in total. The number of nitrogens with zero attached hydrogens (tertiary/aromatic N) is 2. The van der Waals surface area contributed by atoms with Gasteiger partial charge in [-0.3, -0.25) is 9.69 Å². The van der Waals surface area contributed by atoms with Crippen LogP contribution in [0.15, 0.2) is 47.1 Å². The number of rotatable bonds is 4. The zero-order valence-corrected chi connectivity index (χ0v) is 16.3. The van der Waals surface area contributed by atoms with E-state index in [9.17, 15) is 9.90 Å². The molecule has 27 heavy (non-hydrogen) atoms. The van der Waals surface area contributed by atoms with Crippen LogP contribution in [0.5, 0.6) is 11.5 Å². The molecule has 0 aromatic heterocycles. The smallest absolute Gasteiger partial charge is 0.295 e. The summed E-state index contributed by atoms with van der Waals surface area (Å²) in [5.41, 5.74) is 3.94.